The molecule has 0 heterocycles. The first-order chi connectivity index (χ1) is 12.6. The third-order valence-corrected chi connectivity index (χ3v) is 5.14. The number of hydrogen-bond donors (Lipinski definition) is 3. The first kappa shape index (κ1) is 22.5. The highest BCUT2D eigenvalue weighted by Gasteiger charge is 2.35. The van der Waals surface area contributed by atoms with Gasteiger partial charge in [-0.15, -0.1) is 0 Å². The van der Waals surface area contributed by atoms with Crippen LogP contribution in [0.3, 0.4) is 0 Å². The van der Waals surface area contributed by atoms with E-state index in [9.17, 15) is 4.79 Å². The Bertz CT molecular complexity index is 858. The van der Waals surface area contributed by atoms with Gasteiger partial charge in [0.1, 0.15) is 6.17 Å². The molecule has 1 amide bonds. The summed E-state index contributed by atoms with van der Waals surface area (Å²) in [7, 11) is 0. The summed E-state index contributed by atoms with van der Waals surface area (Å²) < 4.78 is -0.703. The van der Waals surface area contributed by atoms with E-state index in [1.165, 1.54) is 0 Å². The number of thiocarbonyl (C=S) groups is 1. The van der Waals surface area contributed by atoms with Crippen molar-refractivity contribution in [2.45, 2.75) is 23.8 Å². The van der Waals surface area contributed by atoms with Gasteiger partial charge in [-0.1, -0.05) is 52.5 Å². The van der Waals surface area contributed by atoms with Crippen LogP contribution in [0.5, 0.6) is 0 Å². The number of alkyl halides is 3. The second-order valence-corrected chi connectivity index (χ2v) is 9.90. The number of halogens is 4. The zero-order chi connectivity index (χ0) is 20.2. The van der Waals surface area contributed by atoms with Crippen LogP contribution in [0.4, 0.5) is 5.69 Å². The van der Waals surface area contributed by atoms with Crippen LogP contribution in [-0.4, -0.2) is 21.0 Å². The Hall–Kier alpha value is -0.800. The molecule has 2 aromatic carbocycles. The van der Waals surface area contributed by atoms with Gasteiger partial charge in [-0.3, -0.25) is 4.79 Å². The molecular formula is C18H17Cl3IN3OS. The molecule has 0 aliphatic heterocycles. The van der Waals surface area contributed by atoms with Crippen molar-refractivity contribution in [1.82, 2.24) is 10.6 Å². The van der Waals surface area contributed by atoms with Crippen molar-refractivity contribution in [2.24, 2.45) is 0 Å². The van der Waals surface area contributed by atoms with E-state index >= 15 is 0 Å². The Labute approximate surface area is 192 Å². The van der Waals surface area contributed by atoms with E-state index in [-0.39, 0.29) is 11.0 Å². The third-order valence-electron chi connectivity index (χ3n) is 3.60. The smallest absolute Gasteiger partial charge is 0.252 e. The summed E-state index contributed by atoms with van der Waals surface area (Å²) in [6, 6.07) is 13.0. The molecule has 0 aromatic heterocycles. The lowest BCUT2D eigenvalue weighted by molar-refractivity contribution is 0.0934. The van der Waals surface area contributed by atoms with E-state index < -0.39 is 9.96 Å². The van der Waals surface area contributed by atoms with Gasteiger partial charge in [-0.25, -0.2) is 0 Å². The fourth-order valence-corrected chi connectivity index (χ4v) is 3.46. The zero-order valence-electron chi connectivity index (χ0n) is 14.4. The van der Waals surface area contributed by atoms with Crippen LogP contribution in [0, 0.1) is 17.4 Å². The van der Waals surface area contributed by atoms with Gasteiger partial charge in [0.05, 0.1) is 0 Å². The molecule has 0 bridgehead atoms. The van der Waals surface area contributed by atoms with Crippen molar-refractivity contribution < 1.29 is 4.79 Å². The molecule has 0 saturated heterocycles. The summed E-state index contributed by atoms with van der Waals surface area (Å²) in [5.41, 5.74) is 3.25. The Kier molecular flexibility index (Phi) is 8.00. The zero-order valence-corrected chi connectivity index (χ0v) is 19.7. The van der Waals surface area contributed by atoms with Gasteiger partial charge in [-0.05, 0) is 84.6 Å². The molecule has 0 spiro atoms. The van der Waals surface area contributed by atoms with Gasteiger partial charge in [0, 0.05) is 14.8 Å². The number of nitrogens with one attached hydrogen (secondary N) is 3. The van der Waals surface area contributed by atoms with Crippen molar-refractivity contribution in [3.63, 3.8) is 0 Å². The second kappa shape index (κ2) is 9.60. The Morgan fingerprint density at radius 2 is 1.81 bits per heavy atom. The molecule has 0 aliphatic rings. The summed E-state index contributed by atoms with van der Waals surface area (Å²) in [5.74, 6) is -0.379. The Morgan fingerprint density at radius 1 is 1.11 bits per heavy atom. The number of aryl methyl sites for hydroxylation is 2. The van der Waals surface area contributed by atoms with Crippen LogP contribution in [0.1, 0.15) is 21.5 Å². The average Bonchev–Trinajstić information content (AvgIpc) is 2.56. The summed E-state index contributed by atoms with van der Waals surface area (Å²) in [6.07, 6.45) is -1.03. The lowest BCUT2D eigenvalue weighted by Crippen LogP contribution is -2.56. The van der Waals surface area contributed by atoms with Crippen LogP contribution in [-0.2, 0) is 0 Å². The quantitative estimate of drug-likeness (QED) is 0.207. The van der Waals surface area contributed by atoms with Crippen LogP contribution in [0.2, 0.25) is 0 Å². The molecule has 27 heavy (non-hydrogen) atoms. The fourth-order valence-electron chi connectivity index (χ4n) is 2.26. The van der Waals surface area contributed by atoms with Crippen molar-refractivity contribution in [3.05, 3.63) is 62.7 Å². The van der Waals surface area contributed by atoms with Crippen LogP contribution in [0.15, 0.2) is 42.5 Å². The number of benzene rings is 2. The van der Waals surface area contributed by atoms with Crippen LogP contribution >= 0.6 is 69.6 Å². The second-order valence-electron chi connectivity index (χ2n) is 5.88. The molecule has 4 nitrogen and oxygen atoms in total. The van der Waals surface area contributed by atoms with Gasteiger partial charge < -0.3 is 16.0 Å². The monoisotopic (exact) mass is 555 g/mol. The van der Waals surface area contributed by atoms with Gasteiger partial charge in [-0.2, -0.15) is 0 Å². The summed E-state index contributed by atoms with van der Waals surface area (Å²) in [4.78, 5) is 12.5. The van der Waals surface area contributed by atoms with Gasteiger partial charge in [0.2, 0.25) is 3.79 Å². The van der Waals surface area contributed by atoms with Crippen molar-refractivity contribution in [2.75, 3.05) is 5.32 Å². The molecule has 0 saturated carbocycles. The SMILES string of the molecule is Cc1cccc(C(=O)NC(NC(=S)Nc2ccc(I)cc2C)C(Cl)(Cl)Cl)c1. The average molecular weight is 557 g/mol. The van der Waals surface area contributed by atoms with E-state index in [1.54, 1.807) is 18.2 Å². The molecule has 1 atom stereocenters. The minimum Gasteiger partial charge on any atom is -0.339 e. The maximum Gasteiger partial charge on any atom is 0.252 e. The van der Waals surface area contributed by atoms with E-state index in [0.29, 0.717) is 5.56 Å². The highest BCUT2D eigenvalue weighted by molar-refractivity contribution is 14.1. The minimum absolute atomic E-state index is 0.222. The highest BCUT2D eigenvalue weighted by Crippen LogP contribution is 2.29. The number of rotatable bonds is 4. The third kappa shape index (κ3) is 6.94. The van der Waals surface area contributed by atoms with Crippen molar-refractivity contribution >= 4 is 86.3 Å². The largest absolute Gasteiger partial charge is 0.339 e. The molecule has 1 unspecified atom stereocenters. The summed E-state index contributed by atoms with van der Waals surface area (Å²) in [6.45, 7) is 3.85. The van der Waals surface area contributed by atoms with Gasteiger partial charge in [0.25, 0.3) is 5.91 Å². The van der Waals surface area contributed by atoms with E-state index in [0.717, 1.165) is 20.4 Å². The van der Waals surface area contributed by atoms with Crippen molar-refractivity contribution in [1.29, 1.82) is 0 Å². The van der Waals surface area contributed by atoms with Gasteiger partial charge >= 0.3 is 0 Å². The normalized spacial score (nSPS) is 12.2. The van der Waals surface area contributed by atoms with Crippen LogP contribution in [0.25, 0.3) is 0 Å². The first-order valence-electron chi connectivity index (χ1n) is 7.84. The number of carbonyl (C=O) groups excluding carboxylic acids is 1. The van der Waals surface area contributed by atoms with Crippen molar-refractivity contribution in [3.8, 4) is 0 Å². The molecular weight excluding hydrogens is 540 g/mol. The maximum atomic E-state index is 12.5. The first-order valence-corrected chi connectivity index (χ1v) is 10.5. The van der Waals surface area contributed by atoms with E-state index in [1.807, 2.05) is 38.1 Å². The topological polar surface area (TPSA) is 53.2 Å². The number of amides is 1. The number of carbonyl (C=O) groups is 1. The van der Waals surface area contributed by atoms with E-state index in [2.05, 4.69) is 38.5 Å². The Morgan fingerprint density at radius 3 is 2.41 bits per heavy atom. The standard InChI is InChI=1S/C18H17Cl3IN3OS/c1-10-4-3-5-12(8-10)15(26)24-16(18(19,20)21)25-17(27)23-14-7-6-13(22)9-11(14)2/h3-9,16H,1-2H3,(H,24,26)(H2,23,25,27). The Balaban J connectivity index is 2.10. The molecule has 0 aliphatic carbocycles. The summed E-state index contributed by atoms with van der Waals surface area (Å²) in [5, 5.41) is 8.79. The minimum atomic E-state index is -1.81. The number of anilines is 1. The maximum absolute atomic E-state index is 12.5. The molecule has 144 valence electrons. The predicted octanol–water partition coefficient (Wildman–Crippen LogP) is 5.32. The molecule has 2 aromatic rings. The van der Waals surface area contributed by atoms with E-state index in [4.69, 9.17) is 47.0 Å². The van der Waals surface area contributed by atoms with Crippen LogP contribution < -0.4 is 16.0 Å². The fraction of sp³-hybridized carbons (Fsp3) is 0.222. The summed E-state index contributed by atoms with van der Waals surface area (Å²) >= 11 is 25.6. The highest BCUT2D eigenvalue weighted by atomic mass is 127. The van der Waals surface area contributed by atoms with Gasteiger partial charge in [0.15, 0.2) is 5.11 Å². The predicted molar refractivity (Wildman–Crippen MR) is 126 cm³/mol. The molecule has 0 fully saturated rings. The lowest BCUT2D eigenvalue weighted by Gasteiger charge is -2.28. The molecule has 0 radical (unpaired) electrons. The molecule has 9 heteroatoms. The molecule has 2 rings (SSSR count). The lowest BCUT2D eigenvalue weighted by atomic mass is 10.1. The number of hydrogen-bond acceptors (Lipinski definition) is 2. The molecule has 3 N–H and O–H groups in total.